The Bertz CT molecular complexity index is 1010. The van der Waals surface area contributed by atoms with Crippen molar-refractivity contribution < 1.29 is 9.53 Å². The second kappa shape index (κ2) is 8.00. The smallest absolute Gasteiger partial charge is 0.349 e. The number of carbonyl (C=O) groups is 1. The van der Waals surface area contributed by atoms with Gasteiger partial charge in [-0.1, -0.05) is 61.2 Å². The first-order valence-corrected chi connectivity index (χ1v) is 8.24. The van der Waals surface area contributed by atoms with E-state index < -0.39 is 5.97 Å². The first kappa shape index (κ1) is 17.2. The number of ether oxygens (including phenoxy) is 1. The highest BCUT2D eigenvalue weighted by atomic mass is 16.5. The molecule has 0 saturated heterocycles. The predicted octanol–water partition coefficient (Wildman–Crippen LogP) is 4.33. The van der Waals surface area contributed by atoms with E-state index in [1.807, 2.05) is 54.7 Å². The van der Waals surface area contributed by atoms with Crippen LogP contribution < -0.4 is 0 Å². The molecule has 4 heteroatoms. The third kappa shape index (κ3) is 3.73. The van der Waals surface area contributed by atoms with Gasteiger partial charge in [0.25, 0.3) is 0 Å². The van der Waals surface area contributed by atoms with Crippen molar-refractivity contribution in [2.24, 2.45) is 0 Å². The lowest BCUT2D eigenvalue weighted by atomic mass is 10.1. The third-order valence-electron chi connectivity index (χ3n) is 3.99. The summed E-state index contributed by atoms with van der Waals surface area (Å²) in [4.78, 5) is 12.0. The molecule has 128 valence electrons. The minimum atomic E-state index is -0.646. The van der Waals surface area contributed by atoms with Crippen molar-refractivity contribution in [1.29, 1.82) is 5.26 Å². The number of aromatic nitrogens is 1. The van der Waals surface area contributed by atoms with E-state index in [1.165, 1.54) is 11.6 Å². The Morgan fingerprint density at radius 2 is 1.88 bits per heavy atom. The lowest BCUT2D eigenvalue weighted by Crippen LogP contribution is -2.06. The number of hydrogen-bond acceptors (Lipinski definition) is 3. The van der Waals surface area contributed by atoms with Gasteiger partial charge in [-0.2, -0.15) is 5.26 Å². The van der Waals surface area contributed by atoms with Crippen LogP contribution in [-0.4, -0.2) is 17.1 Å². The van der Waals surface area contributed by atoms with Crippen molar-refractivity contribution in [1.82, 2.24) is 4.57 Å². The molecule has 2 aromatic carbocycles. The maximum atomic E-state index is 12.0. The van der Waals surface area contributed by atoms with Crippen LogP contribution in [0.25, 0.3) is 17.0 Å². The van der Waals surface area contributed by atoms with Gasteiger partial charge >= 0.3 is 5.97 Å². The summed E-state index contributed by atoms with van der Waals surface area (Å²) < 4.78 is 7.09. The Labute approximate surface area is 152 Å². The summed E-state index contributed by atoms with van der Waals surface area (Å²) in [5.41, 5.74) is 2.99. The molecule has 0 spiro atoms. The molecule has 0 amide bonds. The molecule has 26 heavy (non-hydrogen) atoms. The first-order chi connectivity index (χ1) is 12.7. The average Bonchev–Trinajstić information content (AvgIpc) is 3.02. The second-order valence-electron chi connectivity index (χ2n) is 5.77. The lowest BCUT2D eigenvalue weighted by Gasteiger charge is -2.05. The fourth-order valence-electron chi connectivity index (χ4n) is 2.81. The molecule has 4 nitrogen and oxygen atoms in total. The van der Waals surface area contributed by atoms with Crippen LogP contribution in [-0.2, 0) is 16.1 Å². The molecule has 0 fully saturated rings. The number of esters is 1. The topological polar surface area (TPSA) is 55.0 Å². The summed E-state index contributed by atoms with van der Waals surface area (Å²) in [6.45, 7) is 4.29. The zero-order valence-corrected chi connectivity index (χ0v) is 14.3. The first-order valence-electron chi connectivity index (χ1n) is 8.24. The number of benzene rings is 2. The van der Waals surface area contributed by atoms with Gasteiger partial charge in [0.15, 0.2) is 0 Å². The fraction of sp³-hybridized carbons (Fsp3) is 0.0909. The Morgan fingerprint density at radius 3 is 2.62 bits per heavy atom. The van der Waals surface area contributed by atoms with E-state index in [4.69, 9.17) is 4.74 Å². The van der Waals surface area contributed by atoms with E-state index in [2.05, 4.69) is 23.3 Å². The van der Waals surface area contributed by atoms with Gasteiger partial charge in [0, 0.05) is 29.2 Å². The highest BCUT2D eigenvalue weighted by molar-refractivity contribution is 6.01. The molecule has 0 radical (unpaired) electrons. The molecule has 0 aliphatic rings. The zero-order chi connectivity index (χ0) is 18.4. The molecule has 3 rings (SSSR count). The van der Waals surface area contributed by atoms with Crippen LogP contribution in [0.3, 0.4) is 0 Å². The van der Waals surface area contributed by atoms with Crippen molar-refractivity contribution in [3.05, 3.63) is 90.1 Å². The van der Waals surface area contributed by atoms with Gasteiger partial charge in [0.05, 0.1) is 0 Å². The Morgan fingerprint density at radius 1 is 1.15 bits per heavy atom. The molecule has 0 atom stereocenters. The van der Waals surface area contributed by atoms with Crippen LogP contribution in [0.1, 0.15) is 11.1 Å². The van der Waals surface area contributed by atoms with E-state index in [0.717, 1.165) is 16.5 Å². The highest BCUT2D eigenvalue weighted by Gasteiger charge is 2.13. The molecule has 0 saturated carbocycles. The number of nitriles is 1. The molecule has 0 bridgehead atoms. The van der Waals surface area contributed by atoms with E-state index >= 15 is 0 Å². The normalized spacial score (nSPS) is 11.1. The number of fused-ring (bicyclic) bond motifs is 1. The maximum Gasteiger partial charge on any atom is 0.349 e. The SMILES string of the molecule is C=CCOC(=O)C(C#N)=Cc1cn(Cc2ccccc2)c2ccccc12. The highest BCUT2D eigenvalue weighted by Crippen LogP contribution is 2.24. The molecule has 0 aliphatic heterocycles. The summed E-state index contributed by atoms with van der Waals surface area (Å²) in [5, 5.41) is 10.3. The van der Waals surface area contributed by atoms with E-state index in [-0.39, 0.29) is 12.2 Å². The van der Waals surface area contributed by atoms with Gasteiger partial charge in [-0.15, -0.1) is 0 Å². The zero-order valence-electron chi connectivity index (χ0n) is 14.3. The number of rotatable bonds is 6. The molecule has 3 aromatic rings. The standard InChI is InChI=1S/C22H18N2O2/c1-2-12-26-22(25)18(14-23)13-19-16-24(15-17-8-4-3-5-9-17)21-11-7-6-10-20(19)21/h2-11,13,16H,1,12,15H2. The van der Waals surface area contributed by atoms with Gasteiger partial charge in [-0.05, 0) is 17.7 Å². The van der Waals surface area contributed by atoms with Crippen LogP contribution >= 0.6 is 0 Å². The molecule has 0 N–H and O–H groups in total. The van der Waals surface area contributed by atoms with Crippen LogP contribution in [0, 0.1) is 11.3 Å². The van der Waals surface area contributed by atoms with E-state index in [0.29, 0.717) is 6.54 Å². The molecular formula is C22H18N2O2. The minimum Gasteiger partial charge on any atom is -0.457 e. The minimum absolute atomic E-state index is 0.0329. The van der Waals surface area contributed by atoms with Gasteiger partial charge in [0.2, 0.25) is 0 Å². The second-order valence-corrected chi connectivity index (χ2v) is 5.77. The molecule has 0 aliphatic carbocycles. The van der Waals surface area contributed by atoms with Crippen LogP contribution in [0.15, 0.2) is 79.0 Å². The predicted molar refractivity (Wildman–Crippen MR) is 102 cm³/mol. The third-order valence-corrected chi connectivity index (χ3v) is 3.99. The molecule has 0 unspecified atom stereocenters. The summed E-state index contributed by atoms with van der Waals surface area (Å²) in [5.74, 6) is -0.646. The van der Waals surface area contributed by atoms with Gasteiger partial charge < -0.3 is 9.30 Å². The lowest BCUT2D eigenvalue weighted by molar-refractivity contribution is -0.137. The number of hydrogen-bond donors (Lipinski definition) is 0. The van der Waals surface area contributed by atoms with Crippen molar-refractivity contribution >= 4 is 22.9 Å². The summed E-state index contributed by atoms with van der Waals surface area (Å²) in [6, 6.07) is 20.0. The van der Waals surface area contributed by atoms with E-state index in [1.54, 1.807) is 6.08 Å². The number of carbonyl (C=O) groups excluding carboxylic acids is 1. The Kier molecular flexibility index (Phi) is 5.31. The monoisotopic (exact) mass is 342 g/mol. The number of nitrogens with zero attached hydrogens (tertiary/aromatic N) is 2. The van der Waals surface area contributed by atoms with Crippen molar-refractivity contribution in [3.63, 3.8) is 0 Å². The van der Waals surface area contributed by atoms with E-state index in [9.17, 15) is 10.1 Å². The van der Waals surface area contributed by atoms with Gasteiger partial charge in [0.1, 0.15) is 18.2 Å². The molecular weight excluding hydrogens is 324 g/mol. The van der Waals surface area contributed by atoms with Crippen LogP contribution in [0.2, 0.25) is 0 Å². The average molecular weight is 342 g/mol. The quantitative estimate of drug-likeness (QED) is 0.290. The number of para-hydroxylation sites is 1. The summed E-state index contributed by atoms with van der Waals surface area (Å²) >= 11 is 0. The van der Waals surface area contributed by atoms with Gasteiger partial charge in [-0.25, -0.2) is 4.79 Å². The summed E-state index contributed by atoms with van der Waals surface area (Å²) in [7, 11) is 0. The Balaban J connectivity index is 2.01. The molecule has 1 aromatic heterocycles. The summed E-state index contributed by atoms with van der Waals surface area (Å²) in [6.07, 6.45) is 5.00. The Hall–Kier alpha value is -3.58. The largest absolute Gasteiger partial charge is 0.457 e. The molecule has 1 heterocycles. The van der Waals surface area contributed by atoms with Crippen LogP contribution in [0.5, 0.6) is 0 Å². The van der Waals surface area contributed by atoms with Crippen LogP contribution in [0.4, 0.5) is 0 Å². The van der Waals surface area contributed by atoms with Crippen molar-refractivity contribution in [3.8, 4) is 6.07 Å². The van der Waals surface area contributed by atoms with Gasteiger partial charge in [-0.3, -0.25) is 0 Å². The maximum absolute atomic E-state index is 12.0. The van der Waals surface area contributed by atoms with Crippen molar-refractivity contribution in [2.75, 3.05) is 6.61 Å². The fourth-order valence-corrected chi connectivity index (χ4v) is 2.81. The van der Waals surface area contributed by atoms with Crippen molar-refractivity contribution in [2.45, 2.75) is 6.54 Å².